The fourth-order valence-corrected chi connectivity index (χ4v) is 7.64. The molecule has 0 bridgehead atoms. The Hall–Kier alpha value is -4.53. The van der Waals surface area contributed by atoms with Crippen molar-refractivity contribution in [2.45, 2.75) is 112 Å². The van der Waals surface area contributed by atoms with Crippen molar-refractivity contribution in [3.05, 3.63) is 80.9 Å². The summed E-state index contributed by atoms with van der Waals surface area (Å²) in [4.78, 5) is 39.2. The molecular weight excluding hydrogens is 695 g/mol. The highest BCUT2D eigenvalue weighted by Gasteiger charge is 2.21. The van der Waals surface area contributed by atoms with Gasteiger partial charge in [0.15, 0.2) is 4.80 Å². The lowest BCUT2D eigenvalue weighted by Crippen LogP contribution is -2.20. The van der Waals surface area contributed by atoms with E-state index in [1.54, 1.807) is 31.2 Å². The zero-order chi connectivity index (χ0) is 40.4. The molecule has 1 atom stereocenters. The number of hydrogen-bond donors (Lipinski definition) is 2. The highest BCUT2D eigenvalue weighted by molar-refractivity contribution is 7.09. The Labute approximate surface area is 326 Å². The molecule has 1 fully saturated rings. The Morgan fingerprint density at radius 2 is 1.70 bits per heavy atom. The molecule has 1 amide bonds. The number of aliphatic hydroxyl groups excluding tert-OH is 1. The molecule has 1 saturated carbocycles. The quantitative estimate of drug-likeness (QED) is 0.121. The van der Waals surface area contributed by atoms with Crippen LogP contribution in [0.4, 0.5) is 5.82 Å². The van der Waals surface area contributed by atoms with Gasteiger partial charge in [-0.3, -0.25) is 4.79 Å². The number of para-hydroxylation sites is 1. The van der Waals surface area contributed by atoms with Gasteiger partial charge in [0.05, 0.1) is 23.8 Å². The van der Waals surface area contributed by atoms with Crippen LogP contribution in [0, 0.1) is 35.5 Å². The van der Waals surface area contributed by atoms with Gasteiger partial charge < -0.3 is 24.8 Å². The van der Waals surface area contributed by atoms with Gasteiger partial charge in [-0.05, 0) is 88.8 Å². The van der Waals surface area contributed by atoms with Gasteiger partial charge in [-0.2, -0.15) is 10.3 Å². The molecule has 0 spiro atoms. The summed E-state index contributed by atoms with van der Waals surface area (Å²) in [5, 5.41) is 25.2. The molecular formula is C43H61N7O3S. The average Bonchev–Trinajstić information content (AvgIpc) is 3.47. The van der Waals surface area contributed by atoms with Crippen molar-refractivity contribution in [1.29, 1.82) is 10.7 Å². The van der Waals surface area contributed by atoms with E-state index in [1.807, 2.05) is 45.3 Å². The number of aromatic nitrogens is 3. The van der Waals surface area contributed by atoms with E-state index in [4.69, 9.17) is 30.5 Å². The lowest BCUT2D eigenvalue weighted by atomic mass is 9.80. The van der Waals surface area contributed by atoms with Gasteiger partial charge in [0.25, 0.3) is 5.91 Å². The standard InChI is InChI=1S/C21H31N3.C18H20N4OS.C2H4O2.C2H6/c1-15-9-12-17(13-10-15)14-11-16(2)20-22-19-8-6-5-7-18(19)21(23-20)24(3)4;1-11(2)22-13(4)16(9-12(3)20)24-18(22)21-17(23)15-7-5-14(10-19)6-8-15;3-1-2-4;1-2/h5-8,15-17H,9-14H2,1-4H3;5-8,11,20H,9H2,1-4H3;1,4H,2H2;1-2H3. The minimum Gasteiger partial charge on any atom is -0.389 e. The van der Waals surface area contributed by atoms with Crippen molar-refractivity contribution in [2.75, 3.05) is 25.6 Å². The first-order valence-corrected chi connectivity index (χ1v) is 19.9. The molecule has 0 saturated heterocycles. The molecule has 0 aliphatic heterocycles. The molecule has 2 heterocycles. The fraction of sp³-hybridized carbons (Fsp3) is 0.512. The first kappa shape index (κ1) is 45.6. The number of aldehydes is 1. The van der Waals surface area contributed by atoms with Gasteiger partial charge in [0.2, 0.25) is 0 Å². The molecule has 2 aromatic heterocycles. The number of carbonyl (C=O) groups excluding carboxylic acids is 2. The molecule has 10 nitrogen and oxygen atoms in total. The lowest BCUT2D eigenvalue weighted by molar-refractivity contribution is -0.110. The van der Waals surface area contributed by atoms with Crippen LogP contribution in [0.25, 0.3) is 10.9 Å². The second-order valence-corrected chi connectivity index (χ2v) is 15.3. The highest BCUT2D eigenvalue weighted by Crippen LogP contribution is 2.34. The summed E-state index contributed by atoms with van der Waals surface area (Å²) in [5.74, 6) is 3.99. The Kier molecular flexibility index (Phi) is 19.7. The van der Waals surface area contributed by atoms with Crippen LogP contribution in [0.3, 0.4) is 0 Å². The molecule has 5 rings (SSSR count). The fourth-order valence-electron chi connectivity index (χ4n) is 6.31. The number of nitriles is 1. The summed E-state index contributed by atoms with van der Waals surface area (Å²) in [6.45, 7) is 16.2. The third kappa shape index (κ3) is 13.7. The lowest BCUT2D eigenvalue weighted by Gasteiger charge is -2.27. The topological polar surface area (TPSA) is 148 Å². The number of benzene rings is 2. The van der Waals surface area contributed by atoms with Crippen molar-refractivity contribution in [1.82, 2.24) is 14.5 Å². The summed E-state index contributed by atoms with van der Waals surface area (Å²) in [6.07, 6.45) is 9.17. The van der Waals surface area contributed by atoms with Crippen molar-refractivity contribution in [3.8, 4) is 6.07 Å². The minimum absolute atomic E-state index is 0.175. The Morgan fingerprint density at radius 3 is 2.24 bits per heavy atom. The molecule has 11 heteroatoms. The normalized spacial score (nSPS) is 15.7. The van der Waals surface area contributed by atoms with E-state index in [0.29, 0.717) is 40.3 Å². The number of thiazole rings is 1. The van der Waals surface area contributed by atoms with Gasteiger partial charge in [0.1, 0.15) is 17.9 Å². The van der Waals surface area contributed by atoms with Crippen LogP contribution in [0.5, 0.6) is 0 Å². The summed E-state index contributed by atoms with van der Waals surface area (Å²) < 4.78 is 2.03. The van der Waals surface area contributed by atoms with Crippen LogP contribution in [0.2, 0.25) is 0 Å². The monoisotopic (exact) mass is 755 g/mol. The summed E-state index contributed by atoms with van der Waals surface area (Å²) >= 11 is 1.46. The van der Waals surface area contributed by atoms with E-state index in [2.05, 4.69) is 62.1 Å². The van der Waals surface area contributed by atoms with Crippen molar-refractivity contribution in [2.24, 2.45) is 16.8 Å². The maximum Gasteiger partial charge on any atom is 0.279 e. The number of nitrogens with zero attached hydrogens (tertiary/aromatic N) is 6. The van der Waals surface area contributed by atoms with Gasteiger partial charge in [-0.1, -0.05) is 65.5 Å². The van der Waals surface area contributed by atoms with Crippen molar-refractivity contribution >= 4 is 46.0 Å². The van der Waals surface area contributed by atoms with E-state index in [1.165, 1.54) is 49.9 Å². The Bertz CT molecular complexity index is 1900. The Balaban J connectivity index is 0.000000326. The number of rotatable bonds is 10. The first-order valence-electron chi connectivity index (χ1n) is 19.1. The number of anilines is 1. The van der Waals surface area contributed by atoms with E-state index >= 15 is 0 Å². The summed E-state index contributed by atoms with van der Waals surface area (Å²) in [6, 6.07) is 17.0. The maximum atomic E-state index is 12.4. The third-order valence-corrected chi connectivity index (χ3v) is 10.4. The smallest absolute Gasteiger partial charge is 0.279 e. The number of aliphatic hydroxyl groups is 1. The summed E-state index contributed by atoms with van der Waals surface area (Å²) in [7, 11) is 4.12. The van der Waals surface area contributed by atoms with Crippen LogP contribution >= 0.6 is 11.3 Å². The van der Waals surface area contributed by atoms with Crippen LogP contribution in [0.15, 0.2) is 53.5 Å². The molecule has 292 valence electrons. The Morgan fingerprint density at radius 1 is 1.09 bits per heavy atom. The van der Waals surface area contributed by atoms with Crippen LogP contribution in [0.1, 0.15) is 131 Å². The predicted octanol–water partition coefficient (Wildman–Crippen LogP) is 9.24. The minimum atomic E-state index is -0.361. The predicted molar refractivity (Wildman–Crippen MR) is 223 cm³/mol. The zero-order valence-corrected chi connectivity index (χ0v) is 34.8. The highest BCUT2D eigenvalue weighted by atomic mass is 32.1. The number of amides is 1. The van der Waals surface area contributed by atoms with Gasteiger partial charge in [-0.25, -0.2) is 9.97 Å². The van der Waals surface area contributed by atoms with E-state index in [-0.39, 0.29) is 18.6 Å². The second kappa shape index (κ2) is 23.3. The van der Waals surface area contributed by atoms with Gasteiger partial charge >= 0.3 is 0 Å². The van der Waals surface area contributed by atoms with E-state index < -0.39 is 0 Å². The molecule has 1 aliphatic carbocycles. The third-order valence-electron chi connectivity index (χ3n) is 9.27. The zero-order valence-electron chi connectivity index (χ0n) is 34.0. The molecule has 0 radical (unpaired) electrons. The number of fused-ring (bicyclic) bond motifs is 1. The van der Waals surface area contributed by atoms with Crippen LogP contribution in [-0.2, 0) is 11.2 Å². The molecule has 54 heavy (non-hydrogen) atoms. The van der Waals surface area contributed by atoms with Crippen molar-refractivity contribution in [3.63, 3.8) is 0 Å². The average molecular weight is 756 g/mol. The number of hydrogen-bond acceptors (Lipinski definition) is 9. The maximum absolute atomic E-state index is 12.4. The molecule has 4 aromatic rings. The van der Waals surface area contributed by atoms with Crippen LogP contribution < -0.4 is 9.70 Å². The van der Waals surface area contributed by atoms with Gasteiger partial charge in [-0.15, -0.1) is 11.3 Å². The number of nitrogens with one attached hydrogen (secondary N) is 1. The SMILES string of the molecule is CC.CC(=N)Cc1sc(=NC(=O)c2ccc(C#N)cc2)n(C(C)C)c1C.CC1CCC(CCC(C)c2nc(N(C)C)c3ccccc3n2)CC1.O=CCO. The largest absolute Gasteiger partial charge is 0.389 e. The summed E-state index contributed by atoms with van der Waals surface area (Å²) in [5.41, 5.74) is 3.66. The van der Waals surface area contributed by atoms with E-state index in [9.17, 15) is 4.79 Å². The van der Waals surface area contributed by atoms with E-state index in [0.717, 1.165) is 45.0 Å². The molecule has 2 N–H and O–H groups in total. The second-order valence-electron chi connectivity index (χ2n) is 14.2. The first-order chi connectivity index (χ1) is 25.8. The molecule has 1 unspecified atom stereocenters. The van der Waals surface area contributed by atoms with Gasteiger partial charge in [0, 0.05) is 59.7 Å². The molecule has 1 aliphatic rings. The molecule has 2 aromatic carbocycles. The number of carbonyl (C=O) groups is 2. The van der Waals surface area contributed by atoms with Crippen LogP contribution in [-0.4, -0.2) is 58.2 Å². The van der Waals surface area contributed by atoms with Crippen molar-refractivity contribution < 1.29 is 14.7 Å².